The summed E-state index contributed by atoms with van der Waals surface area (Å²) in [5.74, 6) is 2.13. The van der Waals surface area contributed by atoms with Crippen molar-refractivity contribution in [3.63, 3.8) is 0 Å². The summed E-state index contributed by atoms with van der Waals surface area (Å²) in [6, 6.07) is 2.13. The zero-order valence-corrected chi connectivity index (χ0v) is 14.9. The van der Waals surface area contributed by atoms with Crippen LogP contribution in [0.25, 0.3) is 0 Å². The molecular formula is C12H22IN3S2. The lowest BCUT2D eigenvalue weighted by molar-refractivity contribution is 0.733. The summed E-state index contributed by atoms with van der Waals surface area (Å²) in [6.07, 6.45) is 4.60. The molecule has 0 bridgehead atoms. The quantitative estimate of drug-likeness (QED) is 0.320. The van der Waals surface area contributed by atoms with Crippen LogP contribution in [-0.2, 0) is 6.54 Å². The van der Waals surface area contributed by atoms with Crippen molar-refractivity contribution in [2.45, 2.75) is 19.4 Å². The number of nitrogens with zero attached hydrogens (tertiary/aromatic N) is 1. The molecule has 2 N–H and O–H groups in total. The minimum Gasteiger partial charge on any atom is -0.356 e. The highest BCUT2D eigenvalue weighted by Gasteiger charge is 1.97. The molecule has 1 rings (SSSR count). The van der Waals surface area contributed by atoms with Gasteiger partial charge in [0.25, 0.3) is 0 Å². The van der Waals surface area contributed by atoms with Crippen LogP contribution in [0.2, 0.25) is 0 Å². The van der Waals surface area contributed by atoms with Crippen LogP contribution in [0.3, 0.4) is 0 Å². The summed E-state index contributed by atoms with van der Waals surface area (Å²) in [5.41, 5.74) is 1.31. The van der Waals surface area contributed by atoms with Crippen LogP contribution in [0.15, 0.2) is 21.8 Å². The van der Waals surface area contributed by atoms with E-state index in [9.17, 15) is 0 Å². The van der Waals surface area contributed by atoms with E-state index in [0.717, 1.165) is 19.0 Å². The number of nitrogens with one attached hydrogen (secondary N) is 2. The first-order valence-corrected chi connectivity index (χ1v) is 8.15. The van der Waals surface area contributed by atoms with Crippen LogP contribution in [0.5, 0.6) is 0 Å². The van der Waals surface area contributed by atoms with Crippen molar-refractivity contribution in [2.75, 3.05) is 25.6 Å². The molecule has 0 aliphatic carbocycles. The van der Waals surface area contributed by atoms with Gasteiger partial charge in [-0.3, -0.25) is 4.99 Å². The highest BCUT2D eigenvalue weighted by atomic mass is 127. The first-order valence-electron chi connectivity index (χ1n) is 5.81. The molecule has 0 aliphatic rings. The molecule has 0 saturated heterocycles. The molecule has 18 heavy (non-hydrogen) atoms. The van der Waals surface area contributed by atoms with E-state index in [1.807, 2.05) is 18.8 Å². The molecule has 0 radical (unpaired) electrons. The fourth-order valence-corrected chi connectivity index (χ4v) is 2.54. The Balaban J connectivity index is 0.00000289. The molecule has 0 aromatic carbocycles. The van der Waals surface area contributed by atoms with Crippen LogP contribution in [-0.4, -0.2) is 31.6 Å². The van der Waals surface area contributed by atoms with Gasteiger partial charge >= 0.3 is 0 Å². The molecular weight excluding hydrogens is 377 g/mol. The van der Waals surface area contributed by atoms with Crippen molar-refractivity contribution in [1.82, 2.24) is 10.6 Å². The lowest BCUT2D eigenvalue weighted by atomic mass is 10.3. The van der Waals surface area contributed by atoms with E-state index in [0.29, 0.717) is 0 Å². The number of unbranched alkanes of at least 4 members (excludes halogenated alkanes) is 1. The minimum absolute atomic E-state index is 0. The highest BCUT2D eigenvalue weighted by Crippen LogP contribution is 2.04. The van der Waals surface area contributed by atoms with E-state index >= 15 is 0 Å². The highest BCUT2D eigenvalue weighted by molar-refractivity contribution is 14.0. The topological polar surface area (TPSA) is 36.4 Å². The number of rotatable bonds is 7. The Bertz CT molecular complexity index is 315. The Morgan fingerprint density at radius 3 is 2.83 bits per heavy atom. The van der Waals surface area contributed by atoms with Gasteiger partial charge in [-0.25, -0.2) is 0 Å². The number of thioether (sulfide) groups is 1. The molecule has 1 heterocycles. The Hall–Kier alpha value is 0.0500. The van der Waals surface area contributed by atoms with Crippen molar-refractivity contribution >= 4 is 53.0 Å². The van der Waals surface area contributed by atoms with Gasteiger partial charge in [0.2, 0.25) is 0 Å². The Morgan fingerprint density at radius 2 is 2.22 bits per heavy atom. The number of hydrogen-bond acceptors (Lipinski definition) is 3. The van der Waals surface area contributed by atoms with Gasteiger partial charge in [0.15, 0.2) is 5.96 Å². The molecule has 0 amide bonds. The van der Waals surface area contributed by atoms with Crippen molar-refractivity contribution < 1.29 is 0 Å². The maximum absolute atomic E-state index is 4.20. The minimum atomic E-state index is 0. The Labute approximate surface area is 135 Å². The van der Waals surface area contributed by atoms with Gasteiger partial charge in [0.1, 0.15) is 0 Å². The average molecular weight is 399 g/mol. The fourth-order valence-electron chi connectivity index (χ4n) is 1.38. The SMILES string of the molecule is CN=C(NCCCCSC)NCc1ccsc1.I. The summed E-state index contributed by atoms with van der Waals surface area (Å²) in [5, 5.41) is 10.9. The van der Waals surface area contributed by atoms with E-state index in [-0.39, 0.29) is 24.0 Å². The van der Waals surface area contributed by atoms with E-state index in [4.69, 9.17) is 0 Å². The summed E-state index contributed by atoms with van der Waals surface area (Å²) in [6.45, 7) is 1.83. The number of halogens is 1. The predicted molar refractivity (Wildman–Crippen MR) is 95.6 cm³/mol. The van der Waals surface area contributed by atoms with Gasteiger partial charge in [-0.15, -0.1) is 24.0 Å². The zero-order valence-electron chi connectivity index (χ0n) is 10.9. The van der Waals surface area contributed by atoms with Gasteiger partial charge in [0.05, 0.1) is 0 Å². The Morgan fingerprint density at radius 1 is 1.39 bits per heavy atom. The number of guanidine groups is 1. The predicted octanol–water partition coefficient (Wildman–Crippen LogP) is 3.17. The largest absolute Gasteiger partial charge is 0.356 e. The monoisotopic (exact) mass is 399 g/mol. The van der Waals surface area contributed by atoms with Crippen molar-refractivity contribution in [3.8, 4) is 0 Å². The second kappa shape index (κ2) is 12.1. The van der Waals surface area contributed by atoms with Crippen LogP contribution in [0.4, 0.5) is 0 Å². The first kappa shape index (κ1) is 18.0. The second-order valence-electron chi connectivity index (χ2n) is 3.68. The van der Waals surface area contributed by atoms with Gasteiger partial charge in [-0.1, -0.05) is 0 Å². The van der Waals surface area contributed by atoms with Crippen molar-refractivity contribution in [2.24, 2.45) is 4.99 Å². The van der Waals surface area contributed by atoms with Crippen LogP contribution >= 0.6 is 47.1 Å². The maximum Gasteiger partial charge on any atom is 0.191 e. The molecule has 6 heteroatoms. The summed E-state index contributed by atoms with van der Waals surface area (Å²) in [4.78, 5) is 4.20. The third-order valence-corrected chi connectivity index (χ3v) is 3.76. The van der Waals surface area contributed by atoms with Gasteiger partial charge < -0.3 is 10.6 Å². The van der Waals surface area contributed by atoms with Gasteiger partial charge in [0, 0.05) is 20.1 Å². The van der Waals surface area contributed by atoms with Crippen LogP contribution in [0.1, 0.15) is 18.4 Å². The van der Waals surface area contributed by atoms with Crippen molar-refractivity contribution in [3.05, 3.63) is 22.4 Å². The maximum atomic E-state index is 4.20. The molecule has 104 valence electrons. The van der Waals surface area contributed by atoms with E-state index in [1.54, 1.807) is 11.3 Å². The third kappa shape index (κ3) is 8.20. The second-order valence-corrected chi connectivity index (χ2v) is 5.45. The van der Waals surface area contributed by atoms with Gasteiger partial charge in [-0.05, 0) is 47.2 Å². The van der Waals surface area contributed by atoms with Crippen LogP contribution < -0.4 is 10.6 Å². The normalized spacial score (nSPS) is 10.9. The fraction of sp³-hybridized carbons (Fsp3) is 0.583. The van der Waals surface area contributed by atoms with E-state index < -0.39 is 0 Å². The molecule has 0 aliphatic heterocycles. The number of thiophene rings is 1. The molecule has 0 fully saturated rings. The lowest BCUT2D eigenvalue weighted by Gasteiger charge is -2.10. The van der Waals surface area contributed by atoms with Crippen LogP contribution in [0, 0.1) is 0 Å². The lowest BCUT2D eigenvalue weighted by Crippen LogP contribution is -2.37. The number of hydrogen-bond donors (Lipinski definition) is 2. The summed E-state index contributed by atoms with van der Waals surface area (Å²) in [7, 11) is 1.81. The zero-order chi connectivity index (χ0) is 12.3. The summed E-state index contributed by atoms with van der Waals surface area (Å²) < 4.78 is 0. The molecule has 1 aromatic rings. The van der Waals surface area contributed by atoms with E-state index in [1.165, 1.54) is 24.2 Å². The Kier molecular flexibility index (Phi) is 12.1. The summed E-state index contributed by atoms with van der Waals surface area (Å²) >= 11 is 3.63. The molecule has 0 spiro atoms. The molecule has 0 unspecified atom stereocenters. The average Bonchev–Trinajstić information content (AvgIpc) is 2.86. The standard InChI is InChI=1S/C12H21N3S2.HI/c1-13-12(14-6-3-4-7-16-2)15-9-11-5-8-17-10-11;/h5,8,10H,3-4,6-7,9H2,1-2H3,(H2,13,14,15);1H. The molecule has 3 nitrogen and oxygen atoms in total. The third-order valence-electron chi connectivity index (χ3n) is 2.33. The number of aliphatic imine (C=N–C) groups is 1. The van der Waals surface area contributed by atoms with Gasteiger partial charge in [-0.2, -0.15) is 23.1 Å². The molecule has 1 aromatic heterocycles. The van der Waals surface area contributed by atoms with E-state index in [2.05, 4.69) is 38.7 Å². The van der Waals surface area contributed by atoms with Crippen molar-refractivity contribution in [1.29, 1.82) is 0 Å². The molecule has 0 atom stereocenters. The first-order chi connectivity index (χ1) is 8.36. The molecule has 0 saturated carbocycles. The smallest absolute Gasteiger partial charge is 0.191 e.